The molecule has 1 aliphatic carbocycles. The molecule has 6 nitrogen and oxygen atoms in total. The molecule has 2 N–H and O–H groups in total. The van der Waals surface area contributed by atoms with E-state index < -0.39 is 17.5 Å². The number of benzene rings is 1. The highest BCUT2D eigenvalue weighted by molar-refractivity contribution is 6.35. The number of rotatable bonds is 5. The first-order valence-electron chi connectivity index (χ1n) is 8.11. The minimum atomic E-state index is -1.33. The Balaban J connectivity index is 1.76. The molecule has 3 rings (SSSR count). The Morgan fingerprint density at radius 3 is 2.68 bits per heavy atom. The Kier molecular flexibility index (Phi) is 4.68. The monoisotopic (exact) mass is 383 g/mol. The third kappa shape index (κ3) is 3.46. The van der Waals surface area contributed by atoms with E-state index >= 15 is 0 Å². The second-order valence-corrected chi connectivity index (χ2v) is 7.61. The molecule has 0 unspecified atom stereocenters. The van der Waals surface area contributed by atoms with E-state index in [0.29, 0.717) is 16.5 Å². The third-order valence-corrected chi connectivity index (χ3v) is 5.31. The first-order valence-corrected chi connectivity index (χ1v) is 8.87. The van der Waals surface area contributed by atoms with Gasteiger partial charge in [0.1, 0.15) is 12.1 Å². The summed E-state index contributed by atoms with van der Waals surface area (Å²) < 4.78 is 0. The molecule has 8 heteroatoms. The standard InChI is InChI=1S/C17H19Cl2N3O3/c1-9(10-3-4-10)20-14(23)8-22-15(24)17(2,21-16(22)25)12-6-5-11(18)7-13(12)19/h5-7,9-10H,3-4,8H2,1-2H3,(H,20,23)(H,21,25)/t9-,17-/m0/s1. The molecule has 1 heterocycles. The van der Waals surface area contributed by atoms with Crippen molar-refractivity contribution in [3.63, 3.8) is 0 Å². The summed E-state index contributed by atoms with van der Waals surface area (Å²) in [6, 6.07) is 4.13. The van der Waals surface area contributed by atoms with Gasteiger partial charge >= 0.3 is 6.03 Å². The van der Waals surface area contributed by atoms with Crippen molar-refractivity contribution in [2.75, 3.05) is 6.54 Å². The molecule has 1 aromatic carbocycles. The van der Waals surface area contributed by atoms with Crippen molar-refractivity contribution in [2.24, 2.45) is 5.92 Å². The van der Waals surface area contributed by atoms with Crippen LogP contribution in [-0.2, 0) is 15.1 Å². The SMILES string of the molecule is C[C@H](NC(=O)CN1C(=O)N[C@@](C)(c2ccc(Cl)cc2Cl)C1=O)C1CC1. The lowest BCUT2D eigenvalue weighted by atomic mass is 9.92. The number of hydrogen-bond acceptors (Lipinski definition) is 3. The van der Waals surface area contributed by atoms with Crippen molar-refractivity contribution in [2.45, 2.75) is 38.3 Å². The fourth-order valence-corrected chi connectivity index (χ4v) is 3.67. The minimum absolute atomic E-state index is 0.0466. The first-order chi connectivity index (χ1) is 11.7. The van der Waals surface area contributed by atoms with Gasteiger partial charge in [-0.1, -0.05) is 29.3 Å². The van der Waals surface area contributed by atoms with Crippen LogP contribution < -0.4 is 10.6 Å². The number of carbonyl (C=O) groups excluding carboxylic acids is 3. The van der Waals surface area contributed by atoms with Gasteiger partial charge in [-0.3, -0.25) is 14.5 Å². The van der Waals surface area contributed by atoms with Crippen LogP contribution >= 0.6 is 23.2 Å². The maximum absolute atomic E-state index is 12.8. The summed E-state index contributed by atoms with van der Waals surface area (Å²) in [4.78, 5) is 38.2. The van der Waals surface area contributed by atoms with Crippen LogP contribution in [-0.4, -0.2) is 35.3 Å². The summed E-state index contributed by atoms with van der Waals surface area (Å²) >= 11 is 12.1. The minimum Gasteiger partial charge on any atom is -0.352 e. The van der Waals surface area contributed by atoms with Crippen LogP contribution in [0, 0.1) is 5.92 Å². The van der Waals surface area contributed by atoms with Crippen LogP contribution in [0.15, 0.2) is 18.2 Å². The number of halogens is 2. The predicted molar refractivity (Wildman–Crippen MR) is 94.4 cm³/mol. The van der Waals surface area contributed by atoms with Crippen molar-refractivity contribution in [1.82, 2.24) is 15.5 Å². The Morgan fingerprint density at radius 1 is 1.40 bits per heavy atom. The normalized spacial score (nSPS) is 24.2. The Bertz CT molecular complexity index is 751. The maximum Gasteiger partial charge on any atom is 0.325 e. The molecule has 1 saturated heterocycles. The third-order valence-electron chi connectivity index (χ3n) is 4.76. The molecule has 0 spiro atoms. The molecule has 25 heavy (non-hydrogen) atoms. The number of amides is 4. The van der Waals surface area contributed by atoms with Crippen LogP contribution in [0.3, 0.4) is 0 Å². The van der Waals surface area contributed by atoms with E-state index in [2.05, 4.69) is 10.6 Å². The number of hydrogen-bond donors (Lipinski definition) is 2. The molecule has 2 aliphatic rings. The molecule has 134 valence electrons. The van der Waals surface area contributed by atoms with Crippen molar-refractivity contribution >= 4 is 41.0 Å². The summed E-state index contributed by atoms with van der Waals surface area (Å²) in [5, 5.41) is 6.18. The van der Waals surface area contributed by atoms with E-state index in [0.717, 1.165) is 17.7 Å². The number of nitrogens with zero attached hydrogens (tertiary/aromatic N) is 1. The molecule has 0 aromatic heterocycles. The summed E-state index contributed by atoms with van der Waals surface area (Å²) in [6.45, 7) is 3.18. The van der Waals surface area contributed by atoms with Crippen LogP contribution in [0.1, 0.15) is 32.3 Å². The van der Waals surface area contributed by atoms with Gasteiger partial charge in [0, 0.05) is 21.7 Å². The molecule has 1 aliphatic heterocycles. The Labute approximate surface area is 155 Å². The summed E-state index contributed by atoms with van der Waals surface area (Å²) in [5.41, 5.74) is -0.896. The van der Waals surface area contributed by atoms with Crippen molar-refractivity contribution in [3.8, 4) is 0 Å². The zero-order valence-corrected chi connectivity index (χ0v) is 15.4. The van der Waals surface area contributed by atoms with Gasteiger partial charge in [0.2, 0.25) is 5.91 Å². The second-order valence-electron chi connectivity index (χ2n) is 6.76. The number of imide groups is 1. The average Bonchev–Trinajstić information content (AvgIpc) is 3.33. The number of carbonyl (C=O) groups is 3. The molecule has 1 saturated carbocycles. The van der Waals surface area contributed by atoms with E-state index in [1.807, 2.05) is 6.92 Å². The topological polar surface area (TPSA) is 78.5 Å². The average molecular weight is 384 g/mol. The zero-order valence-electron chi connectivity index (χ0n) is 13.9. The van der Waals surface area contributed by atoms with Crippen molar-refractivity contribution in [1.29, 1.82) is 0 Å². The lowest BCUT2D eigenvalue weighted by Crippen LogP contribution is -2.45. The van der Waals surface area contributed by atoms with E-state index in [-0.39, 0.29) is 23.5 Å². The number of urea groups is 1. The Hall–Kier alpha value is -1.79. The predicted octanol–water partition coefficient (Wildman–Crippen LogP) is 2.68. The van der Waals surface area contributed by atoms with E-state index in [1.165, 1.54) is 6.07 Å². The smallest absolute Gasteiger partial charge is 0.325 e. The fraction of sp³-hybridized carbons (Fsp3) is 0.471. The summed E-state index contributed by atoms with van der Waals surface area (Å²) in [5.74, 6) is -0.379. The van der Waals surface area contributed by atoms with Crippen LogP contribution in [0.2, 0.25) is 10.0 Å². The van der Waals surface area contributed by atoms with Gasteiger partial charge in [-0.2, -0.15) is 0 Å². The first kappa shape index (κ1) is 18.0. The molecule has 1 aromatic rings. The van der Waals surface area contributed by atoms with Gasteiger partial charge in [-0.15, -0.1) is 0 Å². The van der Waals surface area contributed by atoms with Crippen molar-refractivity contribution < 1.29 is 14.4 Å². The highest BCUT2D eigenvalue weighted by Crippen LogP contribution is 2.35. The molecular weight excluding hydrogens is 365 g/mol. The molecule has 2 atom stereocenters. The highest BCUT2D eigenvalue weighted by atomic mass is 35.5. The maximum atomic E-state index is 12.8. The quantitative estimate of drug-likeness (QED) is 0.767. The van der Waals surface area contributed by atoms with Gasteiger partial charge in [-0.25, -0.2) is 4.79 Å². The lowest BCUT2D eigenvalue weighted by molar-refractivity contribution is -0.135. The molecule has 0 bridgehead atoms. The fourth-order valence-electron chi connectivity index (χ4n) is 3.08. The van der Waals surface area contributed by atoms with Gasteiger partial charge in [0.05, 0.1) is 0 Å². The van der Waals surface area contributed by atoms with Crippen molar-refractivity contribution in [3.05, 3.63) is 33.8 Å². The Morgan fingerprint density at radius 2 is 2.08 bits per heavy atom. The number of nitrogens with one attached hydrogen (secondary N) is 2. The molecule has 2 fully saturated rings. The second kappa shape index (κ2) is 6.50. The van der Waals surface area contributed by atoms with Gasteiger partial charge in [0.25, 0.3) is 5.91 Å². The van der Waals surface area contributed by atoms with Crippen LogP contribution in [0.4, 0.5) is 4.79 Å². The summed E-state index contributed by atoms with van der Waals surface area (Å²) in [7, 11) is 0. The largest absolute Gasteiger partial charge is 0.352 e. The summed E-state index contributed by atoms with van der Waals surface area (Å²) in [6.07, 6.45) is 2.19. The van der Waals surface area contributed by atoms with Gasteiger partial charge in [0.15, 0.2) is 0 Å². The zero-order chi connectivity index (χ0) is 18.4. The van der Waals surface area contributed by atoms with E-state index in [1.54, 1.807) is 19.1 Å². The molecule has 0 radical (unpaired) electrons. The molecule has 4 amide bonds. The van der Waals surface area contributed by atoms with Crippen LogP contribution in [0.25, 0.3) is 0 Å². The van der Waals surface area contributed by atoms with Gasteiger partial charge < -0.3 is 10.6 Å². The van der Waals surface area contributed by atoms with Gasteiger partial charge in [-0.05, 0) is 44.7 Å². The van der Waals surface area contributed by atoms with Crippen LogP contribution in [0.5, 0.6) is 0 Å². The lowest BCUT2D eigenvalue weighted by Gasteiger charge is -2.23. The van der Waals surface area contributed by atoms with E-state index in [9.17, 15) is 14.4 Å². The molecular formula is C17H19Cl2N3O3. The highest BCUT2D eigenvalue weighted by Gasteiger charge is 2.50. The van der Waals surface area contributed by atoms with E-state index in [4.69, 9.17) is 23.2 Å².